The fraction of sp³-hybridized carbons (Fsp3) is 0.222. The van der Waals surface area contributed by atoms with E-state index in [9.17, 15) is 13.8 Å². The molecule has 0 bridgehead atoms. The number of carboxylic acid groups (broad SMARTS) is 1. The molecular weight excluding hydrogens is 342 g/mol. The molecule has 1 atom stereocenters. The number of para-hydroxylation sites is 1. The summed E-state index contributed by atoms with van der Waals surface area (Å²) in [4.78, 5) is 22.5. The van der Waals surface area contributed by atoms with E-state index >= 15 is 0 Å². The fourth-order valence-corrected chi connectivity index (χ4v) is 2.99. The van der Waals surface area contributed by atoms with E-state index in [4.69, 9.17) is 9.84 Å². The van der Waals surface area contributed by atoms with Crippen LogP contribution in [-0.2, 0) is 15.6 Å². The number of benzene rings is 2. The molecule has 6 nitrogen and oxygen atoms in total. The molecule has 2 aromatic rings. The Kier molecular flexibility index (Phi) is 7.16. The second-order valence-corrected chi connectivity index (χ2v) is 6.81. The van der Waals surface area contributed by atoms with Crippen LogP contribution < -0.4 is 10.1 Å². The molecule has 0 aliphatic carbocycles. The van der Waals surface area contributed by atoms with Gasteiger partial charge in [-0.3, -0.25) is 9.00 Å². The molecule has 0 aliphatic rings. The number of rotatable bonds is 9. The number of nitrogens with one attached hydrogen (secondary N) is 1. The zero-order chi connectivity index (χ0) is 18.1. The van der Waals surface area contributed by atoms with Crippen LogP contribution in [-0.4, -0.2) is 39.3 Å². The predicted molar refractivity (Wildman–Crippen MR) is 96.5 cm³/mol. The van der Waals surface area contributed by atoms with Gasteiger partial charge in [0.15, 0.2) is 0 Å². The zero-order valence-electron chi connectivity index (χ0n) is 13.5. The van der Waals surface area contributed by atoms with Crippen molar-refractivity contribution in [3.05, 3.63) is 60.2 Å². The van der Waals surface area contributed by atoms with Crippen molar-refractivity contribution in [2.75, 3.05) is 23.4 Å². The van der Waals surface area contributed by atoms with E-state index in [0.29, 0.717) is 30.2 Å². The lowest BCUT2D eigenvalue weighted by Crippen LogP contribution is -2.21. The average molecular weight is 361 g/mol. The van der Waals surface area contributed by atoms with Crippen LogP contribution in [0.3, 0.4) is 0 Å². The Morgan fingerprint density at radius 1 is 1.04 bits per heavy atom. The minimum absolute atomic E-state index is 0.0534. The molecule has 0 saturated carbocycles. The van der Waals surface area contributed by atoms with E-state index in [-0.39, 0.29) is 17.2 Å². The number of hydrogen-bond donors (Lipinski definition) is 2. The number of carbonyl (C=O) groups excluding carboxylic acids is 1. The maximum Gasteiger partial charge on any atom is 0.335 e. The smallest absolute Gasteiger partial charge is 0.335 e. The lowest BCUT2D eigenvalue weighted by Gasteiger charge is -2.07. The number of hydrogen-bond acceptors (Lipinski definition) is 4. The molecule has 132 valence electrons. The summed E-state index contributed by atoms with van der Waals surface area (Å²) in [6.07, 6.45) is 0.534. The van der Waals surface area contributed by atoms with Crippen LogP contribution in [0.1, 0.15) is 16.8 Å². The molecule has 7 heteroatoms. The van der Waals surface area contributed by atoms with Crippen molar-refractivity contribution < 1.29 is 23.6 Å². The van der Waals surface area contributed by atoms with Crippen molar-refractivity contribution in [3.8, 4) is 5.75 Å². The normalized spacial score (nSPS) is 11.5. The second kappa shape index (κ2) is 9.58. The molecule has 0 radical (unpaired) electrons. The Hall–Kier alpha value is -2.67. The second-order valence-electron chi connectivity index (χ2n) is 5.23. The third-order valence-electron chi connectivity index (χ3n) is 3.24. The summed E-state index contributed by atoms with van der Waals surface area (Å²) in [5, 5.41) is 11.5. The minimum Gasteiger partial charge on any atom is -0.494 e. The summed E-state index contributed by atoms with van der Waals surface area (Å²) < 4.78 is 17.4. The first-order valence-corrected chi connectivity index (χ1v) is 9.19. The van der Waals surface area contributed by atoms with Gasteiger partial charge in [0.05, 0.1) is 12.2 Å². The molecule has 0 fully saturated rings. The monoisotopic (exact) mass is 361 g/mol. The SMILES string of the molecule is O=C(CS(=O)CCCOc1ccc(C(=O)O)cc1)Nc1ccccc1. The quantitative estimate of drug-likeness (QED) is 0.670. The third-order valence-corrected chi connectivity index (χ3v) is 4.56. The fourth-order valence-electron chi connectivity index (χ4n) is 2.04. The van der Waals surface area contributed by atoms with Crippen LogP contribution in [0.4, 0.5) is 5.69 Å². The van der Waals surface area contributed by atoms with Gasteiger partial charge < -0.3 is 15.2 Å². The van der Waals surface area contributed by atoms with Gasteiger partial charge in [-0.25, -0.2) is 4.79 Å². The molecule has 1 unspecified atom stereocenters. The highest BCUT2D eigenvalue weighted by Gasteiger charge is 2.08. The van der Waals surface area contributed by atoms with Crippen LogP contribution in [0.5, 0.6) is 5.75 Å². The Labute approximate surface area is 148 Å². The number of aromatic carboxylic acids is 1. The summed E-state index contributed by atoms with van der Waals surface area (Å²) in [6.45, 7) is 0.346. The van der Waals surface area contributed by atoms with Gasteiger partial charge in [-0.05, 0) is 42.8 Å². The first-order chi connectivity index (χ1) is 12.0. The van der Waals surface area contributed by atoms with Gasteiger partial charge in [0.2, 0.25) is 5.91 Å². The van der Waals surface area contributed by atoms with Gasteiger partial charge in [0.25, 0.3) is 0 Å². The maximum absolute atomic E-state index is 11.9. The molecule has 2 aromatic carbocycles. The molecule has 2 rings (SSSR count). The molecule has 0 heterocycles. The molecule has 0 aromatic heterocycles. The highest BCUT2D eigenvalue weighted by molar-refractivity contribution is 7.85. The van der Waals surface area contributed by atoms with Crippen molar-refractivity contribution >= 4 is 28.4 Å². The largest absolute Gasteiger partial charge is 0.494 e. The molecule has 0 saturated heterocycles. The molecule has 0 aliphatic heterocycles. The Bertz CT molecular complexity index is 731. The molecule has 1 amide bonds. The Morgan fingerprint density at radius 2 is 1.72 bits per heavy atom. The lowest BCUT2D eigenvalue weighted by molar-refractivity contribution is -0.113. The standard InChI is InChI=1S/C18H19NO5S/c20-17(19-15-5-2-1-3-6-15)13-25(23)12-4-11-24-16-9-7-14(8-10-16)18(21)22/h1-3,5-10H,4,11-13H2,(H,19,20)(H,21,22). The number of ether oxygens (including phenoxy) is 1. The number of anilines is 1. The highest BCUT2D eigenvalue weighted by atomic mass is 32.2. The number of amides is 1. The van der Waals surface area contributed by atoms with E-state index in [2.05, 4.69) is 5.32 Å². The van der Waals surface area contributed by atoms with E-state index in [1.165, 1.54) is 12.1 Å². The molecule has 2 N–H and O–H groups in total. The maximum atomic E-state index is 11.9. The van der Waals surface area contributed by atoms with Gasteiger partial charge in [0, 0.05) is 22.2 Å². The molecule has 25 heavy (non-hydrogen) atoms. The summed E-state index contributed by atoms with van der Waals surface area (Å²) in [7, 11) is -1.26. The van der Waals surface area contributed by atoms with E-state index in [1.807, 2.05) is 18.2 Å². The first kappa shape index (κ1) is 18.7. The van der Waals surface area contributed by atoms with Crippen LogP contribution in [0.25, 0.3) is 0 Å². The number of carboxylic acids is 1. The van der Waals surface area contributed by atoms with Crippen LogP contribution in [0.15, 0.2) is 54.6 Å². The first-order valence-electron chi connectivity index (χ1n) is 7.70. The number of carbonyl (C=O) groups is 2. The van der Waals surface area contributed by atoms with Crippen LogP contribution >= 0.6 is 0 Å². The van der Waals surface area contributed by atoms with Crippen LogP contribution in [0, 0.1) is 0 Å². The third kappa shape index (κ3) is 6.76. The summed E-state index contributed by atoms with van der Waals surface area (Å²) in [5.74, 6) is -0.416. The highest BCUT2D eigenvalue weighted by Crippen LogP contribution is 2.12. The van der Waals surface area contributed by atoms with E-state index < -0.39 is 16.8 Å². The predicted octanol–water partition coefficient (Wildman–Crippen LogP) is 2.54. The van der Waals surface area contributed by atoms with Gasteiger partial charge in [-0.1, -0.05) is 18.2 Å². The van der Waals surface area contributed by atoms with Crippen LogP contribution in [0.2, 0.25) is 0 Å². The Morgan fingerprint density at radius 3 is 2.36 bits per heavy atom. The summed E-state index contributed by atoms with van der Waals surface area (Å²) >= 11 is 0. The van der Waals surface area contributed by atoms with Gasteiger partial charge >= 0.3 is 5.97 Å². The Balaban J connectivity index is 1.65. The summed E-state index contributed by atoms with van der Waals surface area (Å²) in [5.41, 5.74) is 0.871. The average Bonchev–Trinajstić information content (AvgIpc) is 2.60. The van der Waals surface area contributed by atoms with E-state index in [1.54, 1.807) is 24.3 Å². The van der Waals surface area contributed by atoms with Crippen molar-refractivity contribution in [2.24, 2.45) is 0 Å². The topological polar surface area (TPSA) is 92.7 Å². The van der Waals surface area contributed by atoms with Crippen molar-refractivity contribution in [1.82, 2.24) is 0 Å². The van der Waals surface area contributed by atoms with Crippen molar-refractivity contribution in [3.63, 3.8) is 0 Å². The summed E-state index contributed by atoms with van der Waals surface area (Å²) in [6, 6.07) is 15.1. The van der Waals surface area contributed by atoms with E-state index in [0.717, 1.165) is 0 Å². The van der Waals surface area contributed by atoms with Gasteiger partial charge in [0.1, 0.15) is 11.5 Å². The lowest BCUT2D eigenvalue weighted by atomic mass is 10.2. The van der Waals surface area contributed by atoms with Crippen molar-refractivity contribution in [2.45, 2.75) is 6.42 Å². The minimum atomic E-state index is -1.26. The zero-order valence-corrected chi connectivity index (χ0v) is 14.3. The molecular formula is C18H19NO5S. The van der Waals surface area contributed by atoms with Gasteiger partial charge in [-0.2, -0.15) is 0 Å². The van der Waals surface area contributed by atoms with Gasteiger partial charge in [-0.15, -0.1) is 0 Å². The molecule has 0 spiro atoms. The van der Waals surface area contributed by atoms with Crippen molar-refractivity contribution in [1.29, 1.82) is 0 Å².